The minimum absolute atomic E-state index is 0.0386. The molecule has 0 aromatic carbocycles. The van der Waals surface area contributed by atoms with Crippen LogP contribution in [0.4, 0.5) is 0 Å². The molecule has 1 aliphatic rings. The summed E-state index contributed by atoms with van der Waals surface area (Å²) >= 11 is 1.79. The second-order valence-electron chi connectivity index (χ2n) is 4.80. The van der Waals surface area contributed by atoms with Crippen molar-refractivity contribution in [3.63, 3.8) is 0 Å². The van der Waals surface area contributed by atoms with Gasteiger partial charge in [-0.25, -0.2) is 0 Å². The molecule has 5 heteroatoms. The van der Waals surface area contributed by atoms with Gasteiger partial charge in [0.25, 0.3) is 0 Å². The largest absolute Gasteiger partial charge is 0.303 e. The highest BCUT2D eigenvalue weighted by molar-refractivity contribution is 7.98. The zero-order valence-electron chi connectivity index (χ0n) is 11.0. The molecule has 2 atom stereocenters. The van der Waals surface area contributed by atoms with E-state index in [0.29, 0.717) is 6.42 Å². The molecule has 1 rings (SSSR count). The zero-order chi connectivity index (χ0) is 13.0. The van der Waals surface area contributed by atoms with Gasteiger partial charge in [0.2, 0.25) is 11.8 Å². The molecule has 2 unspecified atom stereocenters. The van der Waals surface area contributed by atoms with Gasteiger partial charge in [0, 0.05) is 12.1 Å². The van der Waals surface area contributed by atoms with Crippen LogP contribution in [0.5, 0.6) is 0 Å². The highest BCUT2D eigenvalue weighted by Crippen LogP contribution is 2.17. The number of hydrogen-bond acceptors (Lipinski definition) is 4. The van der Waals surface area contributed by atoms with Crippen molar-refractivity contribution in [2.75, 3.05) is 12.0 Å². The second-order valence-corrected chi connectivity index (χ2v) is 5.79. The number of carbonyl (C=O) groups is 2. The molecule has 1 heterocycles. The molecular formula is C12H22N2O2S. The first-order valence-corrected chi connectivity index (χ1v) is 7.47. The van der Waals surface area contributed by atoms with Crippen LogP contribution in [0.25, 0.3) is 0 Å². The molecule has 1 N–H and O–H groups in total. The molecule has 1 fully saturated rings. The molecule has 0 aromatic rings. The van der Waals surface area contributed by atoms with Crippen LogP contribution >= 0.6 is 11.8 Å². The van der Waals surface area contributed by atoms with Crippen molar-refractivity contribution in [2.45, 2.75) is 51.7 Å². The van der Waals surface area contributed by atoms with Gasteiger partial charge in [0.15, 0.2) is 0 Å². The van der Waals surface area contributed by atoms with E-state index in [-0.39, 0.29) is 29.9 Å². The molecule has 0 saturated carbocycles. The molecule has 0 bridgehead atoms. The summed E-state index contributed by atoms with van der Waals surface area (Å²) in [5.74, 6) is 0.942. The molecule has 17 heavy (non-hydrogen) atoms. The lowest BCUT2D eigenvalue weighted by atomic mass is 10.2. The number of amides is 2. The quantitative estimate of drug-likeness (QED) is 0.729. The minimum Gasteiger partial charge on any atom is -0.303 e. The van der Waals surface area contributed by atoms with Crippen molar-refractivity contribution in [1.29, 1.82) is 0 Å². The number of nitrogens with one attached hydrogen (secondary N) is 1. The number of rotatable bonds is 6. The summed E-state index contributed by atoms with van der Waals surface area (Å²) in [7, 11) is 0. The van der Waals surface area contributed by atoms with E-state index in [1.54, 1.807) is 11.8 Å². The second kappa shape index (κ2) is 6.40. The van der Waals surface area contributed by atoms with E-state index in [4.69, 9.17) is 0 Å². The van der Waals surface area contributed by atoms with Gasteiger partial charge >= 0.3 is 0 Å². The maximum absolute atomic E-state index is 12.0. The number of likely N-dealkylation sites (tertiary alicyclic amines) is 1. The average molecular weight is 258 g/mol. The van der Waals surface area contributed by atoms with Gasteiger partial charge in [-0.05, 0) is 39.2 Å². The summed E-state index contributed by atoms with van der Waals surface area (Å²) in [6.45, 7) is 5.80. The zero-order valence-corrected chi connectivity index (χ0v) is 11.8. The van der Waals surface area contributed by atoms with Crippen molar-refractivity contribution in [1.82, 2.24) is 10.2 Å². The molecular weight excluding hydrogens is 236 g/mol. The van der Waals surface area contributed by atoms with Gasteiger partial charge in [-0.1, -0.05) is 0 Å². The third-order valence-electron chi connectivity index (χ3n) is 2.94. The monoisotopic (exact) mass is 258 g/mol. The Labute approximate surface area is 108 Å². The summed E-state index contributed by atoms with van der Waals surface area (Å²) in [6.07, 6.45) is 3.39. The van der Waals surface area contributed by atoms with Crippen LogP contribution < -0.4 is 5.32 Å². The van der Waals surface area contributed by atoms with E-state index in [0.717, 1.165) is 12.2 Å². The van der Waals surface area contributed by atoms with E-state index in [1.165, 1.54) is 4.90 Å². The van der Waals surface area contributed by atoms with Crippen molar-refractivity contribution >= 4 is 23.6 Å². The molecule has 1 aliphatic heterocycles. The fourth-order valence-corrected chi connectivity index (χ4v) is 2.63. The third-order valence-corrected chi connectivity index (χ3v) is 3.58. The first kappa shape index (κ1) is 14.5. The van der Waals surface area contributed by atoms with Crippen molar-refractivity contribution in [3.05, 3.63) is 0 Å². The Morgan fingerprint density at radius 3 is 2.53 bits per heavy atom. The normalized spacial score (nSPS) is 22.6. The Bertz CT molecular complexity index is 294. The molecule has 4 nitrogen and oxygen atoms in total. The topological polar surface area (TPSA) is 49.4 Å². The summed E-state index contributed by atoms with van der Waals surface area (Å²) in [5.41, 5.74) is 0. The first-order chi connectivity index (χ1) is 7.97. The SMILES string of the molecule is CSCCC(C)NC1CC(=O)N(C(C)C)C1=O. The highest BCUT2D eigenvalue weighted by Gasteiger charge is 2.40. The molecule has 0 radical (unpaired) electrons. The molecule has 98 valence electrons. The van der Waals surface area contributed by atoms with E-state index in [2.05, 4.69) is 18.5 Å². The number of thioether (sulfide) groups is 1. The predicted molar refractivity (Wildman–Crippen MR) is 71.0 cm³/mol. The molecule has 1 saturated heterocycles. The maximum Gasteiger partial charge on any atom is 0.247 e. The fraction of sp³-hybridized carbons (Fsp3) is 0.833. The fourth-order valence-electron chi connectivity index (χ4n) is 2.05. The molecule has 0 aliphatic carbocycles. The first-order valence-electron chi connectivity index (χ1n) is 6.08. The van der Waals surface area contributed by atoms with Gasteiger partial charge in [-0.3, -0.25) is 14.5 Å². The highest BCUT2D eigenvalue weighted by atomic mass is 32.2. The Morgan fingerprint density at radius 1 is 1.41 bits per heavy atom. The van der Waals surface area contributed by atoms with Crippen LogP contribution in [0.2, 0.25) is 0 Å². The number of carbonyl (C=O) groups excluding carboxylic acids is 2. The molecule has 2 amide bonds. The Balaban J connectivity index is 2.51. The number of imide groups is 1. The lowest BCUT2D eigenvalue weighted by Crippen LogP contribution is -2.44. The van der Waals surface area contributed by atoms with Crippen LogP contribution in [0.3, 0.4) is 0 Å². The summed E-state index contributed by atoms with van der Waals surface area (Å²) < 4.78 is 0. The smallest absolute Gasteiger partial charge is 0.247 e. The van der Waals surface area contributed by atoms with Gasteiger partial charge in [-0.15, -0.1) is 0 Å². The Hall–Kier alpha value is -0.550. The van der Waals surface area contributed by atoms with Gasteiger partial charge < -0.3 is 5.32 Å². The number of nitrogens with zero attached hydrogens (tertiary/aromatic N) is 1. The Kier molecular flexibility index (Phi) is 5.46. The van der Waals surface area contributed by atoms with Crippen molar-refractivity contribution < 1.29 is 9.59 Å². The van der Waals surface area contributed by atoms with E-state index < -0.39 is 0 Å². The van der Waals surface area contributed by atoms with Crippen molar-refractivity contribution in [2.24, 2.45) is 0 Å². The average Bonchev–Trinajstić information content (AvgIpc) is 2.51. The lowest BCUT2D eigenvalue weighted by molar-refractivity contribution is -0.140. The van der Waals surface area contributed by atoms with Crippen LogP contribution in [-0.2, 0) is 9.59 Å². The van der Waals surface area contributed by atoms with Gasteiger partial charge in [0.1, 0.15) is 0 Å². The summed E-state index contributed by atoms with van der Waals surface area (Å²) in [5, 5.41) is 3.25. The standard InChI is InChI=1S/C12H22N2O2S/c1-8(2)14-11(15)7-10(12(14)16)13-9(3)5-6-17-4/h8-10,13H,5-7H2,1-4H3. The number of hydrogen-bond donors (Lipinski definition) is 1. The lowest BCUT2D eigenvalue weighted by Gasteiger charge is -2.21. The minimum atomic E-state index is -0.318. The predicted octanol–water partition coefficient (Wildman–Crippen LogP) is 1.25. The van der Waals surface area contributed by atoms with E-state index in [9.17, 15) is 9.59 Å². The van der Waals surface area contributed by atoms with Crippen LogP contribution in [0.1, 0.15) is 33.6 Å². The third kappa shape index (κ3) is 3.71. The maximum atomic E-state index is 12.0. The van der Waals surface area contributed by atoms with Crippen LogP contribution in [0.15, 0.2) is 0 Å². The van der Waals surface area contributed by atoms with Gasteiger partial charge in [0.05, 0.1) is 12.5 Å². The van der Waals surface area contributed by atoms with E-state index in [1.807, 2.05) is 13.8 Å². The van der Waals surface area contributed by atoms with Crippen molar-refractivity contribution in [3.8, 4) is 0 Å². The van der Waals surface area contributed by atoms with E-state index >= 15 is 0 Å². The van der Waals surface area contributed by atoms with Crippen LogP contribution in [-0.4, -0.2) is 46.8 Å². The molecule has 0 aromatic heterocycles. The Morgan fingerprint density at radius 2 is 2.06 bits per heavy atom. The molecule has 0 spiro atoms. The summed E-state index contributed by atoms with van der Waals surface area (Å²) in [6, 6.07) is -0.0821. The summed E-state index contributed by atoms with van der Waals surface area (Å²) in [4.78, 5) is 25.1. The van der Waals surface area contributed by atoms with Gasteiger partial charge in [-0.2, -0.15) is 11.8 Å². The van der Waals surface area contributed by atoms with Crippen LogP contribution in [0, 0.1) is 0 Å².